The number of esters is 1. The van der Waals surface area contributed by atoms with Gasteiger partial charge in [-0.05, 0) is 37.6 Å². The van der Waals surface area contributed by atoms with Gasteiger partial charge in [-0.25, -0.2) is 0 Å². The minimum atomic E-state index is 0.0100. The second kappa shape index (κ2) is 5.67. The fourth-order valence-electron chi connectivity index (χ4n) is 2.64. The molecule has 2 aliphatic rings. The van der Waals surface area contributed by atoms with E-state index in [1.807, 2.05) is 0 Å². The molecule has 0 radical (unpaired) electrons. The number of carbonyl (C=O) groups excluding carboxylic acids is 1. The fraction of sp³-hybridized carbons (Fsp3) is 0.923. The van der Waals surface area contributed by atoms with Crippen molar-refractivity contribution in [2.45, 2.75) is 44.9 Å². The molecule has 0 spiro atoms. The average Bonchev–Trinajstić information content (AvgIpc) is 3.13. The van der Waals surface area contributed by atoms with Gasteiger partial charge in [0, 0.05) is 0 Å². The van der Waals surface area contributed by atoms with E-state index in [2.05, 4.69) is 0 Å². The Morgan fingerprint density at radius 3 is 2.62 bits per heavy atom. The van der Waals surface area contributed by atoms with Gasteiger partial charge in [0.15, 0.2) is 0 Å². The van der Waals surface area contributed by atoms with Crippen molar-refractivity contribution in [1.29, 1.82) is 0 Å². The van der Waals surface area contributed by atoms with E-state index >= 15 is 0 Å². The molecule has 0 heterocycles. The SMILES string of the molecule is NCC1CCCCC1C(=O)OCCC1CC1. The molecule has 3 nitrogen and oxygen atoms in total. The van der Waals surface area contributed by atoms with Crippen molar-refractivity contribution in [2.75, 3.05) is 13.2 Å². The molecule has 2 N–H and O–H groups in total. The van der Waals surface area contributed by atoms with Gasteiger partial charge in [0.25, 0.3) is 0 Å². The minimum absolute atomic E-state index is 0.0100. The third-order valence-corrected chi connectivity index (χ3v) is 3.98. The summed E-state index contributed by atoms with van der Waals surface area (Å²) in [5, 5.41) is 0. The largest absolute Gasteiger partial charge is 0.465 e. The Balaban J connectivity index is 1.72. The highest BCUT2D eigenvalue weighted by Crippen LogP contribution is 2.33. The van der Waals surface area contributed by atoms with Crippen molar-refractivity contribution >= 4 is 5.97 Å². The van der Waals surface area contributed by atoms with E-state index in [1.165, 1.54) is 19.3 Å². The predicted octanol–water partition coefficient (Wildman–Crippen LogP) is 2.09. The second-order valence-corrected chi connectivity index (χ2v) is 5.29. The molecule has 2 aliphatic carbocycles. The Hall–Kier alpha value is -0.570. The lowest BCUT2D eigenvalue weighted by Crippen LogP contribution is -2.33. The number of rotatable bonds is 5. The van der Waals surface area contributed by atoms with Gasteiger partial charge in [-0.2, -0.15) is 0 Å². The molecule has 16 heavy (non-hydrogen) atoms. The minimum Gasteiger partial charge on any atom is -0.465 e. The van der Waals surface area contributed by atoms with E-state index in [4.69, 9.17) is 10.5 Å². The molecule has 92 valence electrons. The first-order chi connectivity index (χ1) is 7.81. The van der Waals surface area contributed by atoms with E-state index in [0.29, 0.717) is 19.1 Å². The van der Waals surface area contributed by atoms with E-state index in [9.17, 15) is 4.79 Å². The third-order valence-electron chi connectivity index (χ3n) is 3.98. The zero-order valence-electron chi connectivity index (χ0n) is 9.99. The molecule has 0 aliphatic heterocycles. The number of nitrogens with two attached hydrogens (primary N) is 1. The van der Waals surface area contributed by atoms with Crippen molar-refractivity contribution in [1.82, 2.24) is 0 Å². The van der Waals surface area contributed by atoms with Crippen LogP contribution in [0, 0.1) is 17.8 Å². The monoisotopic (exact) mass is 225 g/mol. The molecule has 3 heteroatoms. The molecular weight excluding hydrogens is 202 g/mol. The van der Waals surface area contributed by atoms with Crippen molar-refractivity contribution in [2.24, 2.45) is 23.5 Å². The van der Waals surface area contributed by atoms with Crippen LogP contribution in [0.1, 0.15) is 44.9 Å². The van der Waals surface area contributed by atoms with Crippen LogP contribution in [0.3, 0.4) is 0 Å². The Labute approximate surface area is 97.7 Å². The van der Waals surface area contributed by atoms with Gasteiger partial charge < -0.3 is 10.5 Å². The third kappa shape index (κ3) is 3.21. The molecule has 2 saturated carbocycles. The van der Waals surface area contributed by atoms with Crippen LogP contribution in [0.2, 0.25) is 0 Å². The van der Waals surface area contributed by atoms with Crippen LogP contribution >= 0.6 is 0 Å². The van der Waals surface area contributed by atoms with E-state index in [-0.39, 0.29) is 11.9 Å². The Morgan fingerprint density at radius 1 is 1.19 bits per heavy atom. The van der Waals surface area contributed by atoms with Crippen LogP contribution in [-0.2, 0) is 9.53 Å². The summed E-state index contributed by atoms with van der Waals surface area (Å²) < 4.78 is 5.37. The maximum atomic E-state index is 11.9. The molecule has 0 aromatic heterocycles. The first kappa shape index (κ1) is 11.9. The van der Waals surface area contributed by atoms with Gasteiger partial charge in [0.1, 0.15) is 0 Å². The zero-order chi connectivity index (χ0) is 11.4. The van der Waals surface area contributed by atoms with Gasteiger partial charge >= 0.3 is 5.97 Å². The lowest BCUT2D eigenvalue weighted by atomic mass is 9.79. The summed E-state index contributed by atoms with van der Waals surface area (Å²) in [5.41, 5.74) is 5.71. The molecule has 2 atom stereocenters. The van der Waals surface area contributed by atoms with Crippen molar-refractivity contribution in [3.8, 4) is 0 Å². The van der Waals surface area contributed by atoms with E-state index < -0.39 is 0 Å². The maximum absolute atomic E-state index is 11.9. The molecule has 2 fully saturated rings. The van der Waals surface area contributed by atoms with Crippen LogP contribution in [0.15, 0.2) is 0 Å². The van der Waals surface area contributed by atoms with Gasteiger partial charge in [-0.15, -0.1) is 0 Å². The van der Waals surface area contributed by atoms with E-state index in [1.54, 1.807) is 0 Å². The van der Waals surface area contributed by atoms with Crippen LogP contribution in [0.5, 0.6) is 0 Å². The Kier molecular flexibility index (Phi) is 4.22. The van der Waals surface area contributed by atoms with Crippen LogP contribution in [0.4, 0.5) is 0 Å². The Morgan fingerprint density at radius 2 is 1.94 bits per heavy atom. The number of carbonyl (C=O) groups is 1. The predicted molar refractivity (Wildman–Crippen MR) is 62.8 cm³/mol. The molecule has 2 rings (SSSR count). The lowest BCUT2D eigenvalue weighted by Gasteiger charge is -2.28. The van der Waals surface area contributed by atoms with Gasteiger partial charge in [0.05, 0.1) is 12.5 Å². The molecule has 0 saturated heterocycles. The molecule has 0 bridgehead atoms. The van der Waals surface area contributed by atoms with Crippen LogP contribution in [-0.4, -0.2) is 19.1 Å². The van der Waals surface area contributed by atoms with Crippen molar-refractivity contribution < 1.29 is 9.53 Å². The highest BCUT2D eigenvalue weighted by atomic mass is 16.5. The van der Waals surface area contributed by atoms with Crippen molar-refractivity contribution in [3.05, 3.63) is 0 Å². The van der Waals surface area contributed by atoms with Crippen LogP contribution in [0.25, 0.3) is 0 Å². The molecule has 0 amide bonds. The van der Waals surface area contributed by atoms with Crippen molar-refractivity contribution in [3.63, 3.8) is 0 Å². The first-order valence-corrected chi connectivity index (χ1v) is 6.68. The summed E-state index contributed by atoms with van der Waals surface area (Å²) in [6, 6.07) is 0. The highest BCUT2D eigenvalue weighted by molar-refractivity contribution is 5.72. The Bertz CT molecular complexity index is 238. The van der Waals surface area contributed by atoms with Crippen LogP contribution < -0.4 is 5.73 Å². The highest BCUT2D eigenvalue weighted by Gasteiger charge is 2.31. The first-order valence-electron chi connectivity index (χ1n) is 6.68. The molecule has 0 aromatic carbocycles. The molecule has 0 aromatic rings. The average molecular weight is 225 g/mol. The number of hydrogen-bond donors (Lipinski definition) is 1. The lowest BCUT2D eigenvalue weighted by molar-refractivity contribution is -0.151. The van der Waals surface area contributed by atoms with Gasteiger partial charge in [-0.1, -0.05) is 25.7 Å². The number of ether oxygens (including phenoxy) is 1. The second-order valence-electron chi connectivity index (χ2n) is 5.29. The normalized spacial score (nSPS) is 30.1. The van der Waals surface area contributed by atoms with Gasteiger partial charge in [-0.3, -0.25) is 4.79 Å². The number of hydrogen-bond acceptors (Lipinski definition) is 3. The molecular formula is C13H23NO2. The summed E-state index contributed by atoms with van der Waals surface area (Å²) in [4.78, 5) is 11.9. The summed E-state index contributed by atoms with van der Waals surface area (Å²) in [6.07, 6.45) is 8.15. The van der Waals surface area contributed by atoms with E-state index in [0.717, 1.165) is 31.6 Å². The summed E-state index contributed by atoms with van der Waals surface area (Å²) >= 11 is 0. The smallest absolute Gasteiger partial charge is 0.309 e. The quantitative estimate of drug-likeness (QED) is 0.729. The summed E-state index contributed by atoms with van der Waals surface area (Å²) in [5.74, 6) is 1.29. The standard InChI is InChI=1S/C13H23NO2/c14-9-11-3-1-2-4-12(11)13(15)16-8-7-10-5-6-10/h10-12H,1-9,14H2. The zero-order valence-corrected chi connectivity index (χ0v) is 9.99. The maximum Gasteiger partial charge on any atom is 0.309 e. The topological polar surface area (TPSA) is 52.3 Å². The fourth-order valence-corrected chi connectivity index (χ4v) is 2.64. The summed E-state index contributed by atoms with van der Waals surface area (Å²) in [7, 11) is 0. The molecule has 2 unspecified atom stereocenters. The van der Waals surface area contributed by atoms with Gasteiger partial charge in [0.2, 0.25) is 0 Å². The summed E-state index contributed by atoms with van der Waals surface area (Å²) in [6.45, 7) is 1.25.